The van der Waals surface area contributed by atoms with E-state index in [1.807, 2.05) is 6.92 Å². The van der Waals surface area contributed by atoms with Gasteiger partial charge in [0.05, 0.1) is 11.1 Å². The number of rotatable bonds is 11. The quantitative estimate of drug-likeness (QED) is 0.194. The highest BCUT2D eigenvalue weighted by molar-refractivity contribution is 6.35. The molecule has 144 valence electrons. The summed E-state index contributed by atoms with van der Waals surface area (Å²) < 4.78 is 10.3. The van der Waals surface area contributed by atoms with Gasteiger partial charge in [0, 0.05) is 17.2 Å². The molecule has 26 heavy (non-hydrogen) atoms. The second kappa shape index (κ2) is 12.8. The molecule has 0 spiro atoms. The molecule has 0 N–H and O–H groups in total. The number of benzene rings is 1. The number of halogens is 2. The Labute approximate surface area is 165 Å². The van der Waals surface area contributed by atoms with E-state index in [2.05, 4.69) is 6.92 Å². The first-order valence-corrected chi connectivity index (χ1v) is 9.73. The highest BCUT2D eigenvalue weighted by Gasteiger charge is 2.09. The van der Waals surface area contributed by atoms with Crippen LogP contribution in [0.15, 0.2) is 30.4 Å². The third-order valence-electron chi connectivity index (χ3n) is 3.74. The van der Waals surface area contributed by atoms with E-state index in [0.717, 1.165) is 31.4 Å². The van der Waals surface area contributed by atoms with Crippen LogP contribution in [0, 0.1) is 0 Å². The number of hydrogen-bond acceptors (Lipinski definition) is 4. The van der Waals surface area contributed by atoms with Gasteiger partial charge in [0.25, 0.3) is 0 Å². The van der Waals surface area contributed by atoms with E-state index < -0.39 is 11.9 Å². The molecule has 0 bridgehead atoms. The van der Waals surface area contributed by atoms with Crippen molar-refractivity contribution in [3.05, 3.63) is 40.4 Å². The van der Waals surface area contributed by atoms with E-state index in [4.69, 9.17) is 32.7 Å². The van der Waals surface area contributed by atoms with E-state index in [0.29, 0.717) is 5.02 Å². The van der Waals surface area contributed by atoms with E-state index in [1.165, 1.54) is 37.8 Å². The zero-order valence-corrected chi connectivity index (χ0v) is 16.8. The molecule has 0 saturated heterocycles. The van der Waals surface area contributed by atoms with Crippen LogP contribution in [-0.2, 0) is 14.3 Å². The molecular weight excluding hydrogens is 375 g/mol. The number of carbonyl (C=O) groups excluding carboxylic acids is 2. The monoisotopic (exact) mass is 400 g/mol. The minimum Gasteiger partial charge on any atom is -0.460 e. The van der Waals surface area contributed by atoms with Crippen LogP contribution in [0.4, 0.5) is 0 Å². The Kier molecular flexibility index (Phi) is 11.1. The first-order valence-electron chi connectivity index (χ1n) is 8.98. The summed E-state index contributed by atoms with van der Waals surface area (Å²) >= 11 is 11.7. The molecule has 0 aliphatic heterocycles. The van der Waals surface area contributed by atoms with Gasteiger partial charge in [0.1, 0.15) is 5.75 Å². The molecule has 0 aliphatic rings. The maximum atomic E-state index is 11.7. The van der Waals surface area contributed by atoms with Gasteiger partial charge in [0.2, 0.25) is 0 Å². The molecule has 1 aromatic carbocycles. The molecule has 0 amide bonds. The molecule has 1 atom stereocenters. The molecule has 1 unspecified atom stereocenters. The number of unbranched alkanes of at least 4 members (excludes halogenated alkanes) is 5. The van der Waals surface area contributed by atoms with Gasteiger partial charge in [-0.15, -0.1) is 0 Å². The van der Waals surface area contributed by atoms with Gasteiger partial charge < -0.3 is 9.47 Å². The maximum Gasteiger partial charge on any atom is 0.336 e. The van der Waals surface area contributed by atoms with Crippen molar-refractivity contribution in [2.45, 2.75) is 64.9 Å². The molecule has 1 aromatic rings. The highest BCUT2D eigenvalue weighted by atomic mass is 35.5. The van der Waals surface area contributed by atoms with Gasteiger partial charge in [-0.2, -0.15) is 0 Å². The second-order valence-electron chi connectivity index (χ2n) is 6.13. The Bertz CT molecular complexity index is 614. The topological polar surface area (TPSA) is 52.6 Å². The maximum absolute atomic E-state index is 11.7. The Hall–Kier alpha value is -1.52. The van der Waals surface area contributed by atoms with Crippen LogP contribution in [0.5, 0.6) is 5.75 Å². The molecule has 0 heterocycles. The van der Waals surface area contributed by atoms with Crippen LogP contribution in [0.3, 0.4) is 0 Å². The van der Waals surface area contributed by atoms with Crippen LogP contribution in [0.25, 0.3) is 0 Å². The van der Waals surface area contributed by atoms with Gasteiger partial charge in [-0.25, -0.2) is 9.59 Å². The molecule has 0 radical (unpaired) electrons. The fraction of sp³-hybridized carbons (Fsp3) is 0.500. The normalized spacial score (nSPS) is 12.2. The number of carbonyl (C=O) groups is 2. The molecule has 0 aromatic heterocycles. The smallest absolute Gasteiger partial charge is 0.336 e. The van der Waals surface area contributed by atoms with Crippen molar-refractivity contribution in [1.82, 2.24) is 0 Å². The lowest BCUT2D eigenvalue weighted by Gasteiger charge is -2.11. The minimum absolute atomic E-state index is 0.176. The lowest BCUT2D eigenvalue weighted by Crippen LogP contribution is -2.13. The SMILES string of the molecule is CCCCCCCCC(C)OC(=O)/C=C/C(=O)Oc1ccc(Cl)cc1Cl. The van der Waals surface area contributed by atoms with Gasteiger partial charge in [-0.3, -0.25) is 0 Å². The Balaban J connectivity index is 2.29. The zero-order valence-electron chi connectivity index (χ0n) is 15.3. The average Bonchev–Trinajstić information content (AvgIpc) is 2.58. The molecule has 1 rings (SSSR count). The number of ether oxygens (including phenoxy) is 2. The second-order valence-corrected chi connectivity index (χ2v) is 6.98. The Morgan fingerprint density at radius 2 is 1.69 bits per heavy atom. The lowest BCUT2D eigenvalue weighted by molar-refractivity contribution is -0.143. The van der Waals surface area contributed by atoms with Crippen molar-refractivity contribution in [2.24, 2.45) is 0 Å². The predicted octanol–water partition coefficient (Wildman–Crippen LogP) is 6.14. The zero-order chi connectivity index (χ0) is 19.4. The number of esters is 2. The first-order chi connectivity index (χ1) is 12.4. The fourth-order valence-corrected chi connectivity index (χ4v) is 2.79. The Morgan fingerprint density at radius 3 is 2.38 bits per heavy atom. The number of hydrogen-bond donors (Lipinski definition) is 0. The van der Waals surface area contributed by atoms with Gasteiger partial charge in [0.15, 0.2) is 0 Å². The minimum atomic E-state index is -0.713. The average molecular weight is 401 g/mol. The third-order valence-corrected chi connectivity index (χ3v) is 4.27. The van der Waals surface area contributed by atoms with Crippen molar-refractivity contribution in [2.75, 3.05) is 0 Å². The van der Waals surface area contributed by atoms with Crippen LogP contribution in [0.1, 0.15) is 58.8 Å². The molecule has 4 nitrogen and oxygen atoms in total. The largest absolute Gasteiger partial charge is 0.460 e. The molecule has 0 saturated carbocycles. The van der Waals surface area contributed by atoms with E-state index in [-0.39, 0.29) is 16.9 Å². The third kappa shape index (κ3) is 9.83. The van der Waals surface area contributed by atoms with Crippen molar-refractivity contribution in [1.29, 1.82) is 0 Å². The van der Waals surface area contributed by atoms with Crippen LogP contribution in [0.2, 0.25) is 10.0 Å². The van der Waals surface area contributed by atoms with Crippen molar-refractivity contribution >= 4 is 35.1 Å². The van der Waals surface area contributed by atoms with Crippen molar-refractivity contribution < 1.29 is 19.1 Å². The predicted molar refractivity (Wildman–Crippen MR) is 105 cm³/mol. The highest BCUT2D eigenvalue weighted by Crippen LogP contribution is 2.27. The van der Waals surface area contributed by atoms with Crippen molar-refractivity contribution in [3.8, 4) is 5.75 Å². The van der Waals surface area contributed by atoms with Crippen LogP contribution < -0.4 is 4.74 Å². The summed E-state index contributed by atoms with van der Waals surface area (Å²) in [6, 6.07) is 4.50. The summed E-state index contributed by atoms with van der Waals surface area (Å²) in [6.45, 7) is 4.04. The van der Waals surface area contributed by atoms with Gasteiger partial charge >= 0.3 is 11.9 Å². The summed E-state index contributed by atoms with van der Waals surface area (Å²) in [5, 5.41) is 0.655. The van der Waals surface area contributed by atoms with E-state index in [9.17, 15) is 9.59 Å². The molecule has 6 heteroatoms. The fourth-order valence-electron chi connectivity index (χ4n) is 2.35. The molecule has 0 aliphatic carbocycles. The standard InChI is InChI=1S/C20H26Cl2O4/c1-3-4-5-6-7-8-9-15(2)25-19(23)12-13-20(24)26-18-11-10-16(21)14-17(18)22/h10-15H,3-9H2,1-2H3/b13-12+. The van der Waals surface area contributed by atoms with Crippen molar-refractivity contribution in [3.63, 3.8) is 0 Å². The van der Waals surface area contributed by atoms with Gasteiger partial charge in [-0.05, 0) is 38.0 Å². The first kappa shape index (κ1) is 22.5. The Morgan fingerprint density at radius 1 is 1.04 bits per heavy atom. The van der Waals surface area contributed by atoms with E-state index >= 15 is 0 Å². The summed E-state index contributed by atoms with van der Waals surface area (Å²) in [5.74, 6) is -1.10. The molecular formula is C20H26Cl2O4. The van der Waals surface area contributed by atoms with Gasteiger partial charge in [-0.1, -0.05) is 62.2 Å². The summed E-state index contributed by atoms with van der Waals surface area (Å²) in [5.41, 5.74) is 0. The summed E-state index contributed by atoms with van der Waals surface area (Å²) in [6.07, 6.45) is 9.86. The van der Waals surface area contributed by atoms with Crippen LogP contribution >= 0.6 is 23.2 Å². The van der Waals surface area contributed by atoms with E-state index in [1.54, 1.807) is 6.07 Å². The summed E-state index contributed by atoms with van der Waals surface area (Å²) in [4.78, 5) is 23.5. The van der Waals surface area contributed by atoms with Crippen LogP contribution in [-0.4, -0.2) is 18.0 Å². The molecule has 0 fully saturated rings. The summed E-state index contributed by atoms with van der Waals surface area (Å²) in [7, 11) is 0. The lowest BCUT2D eigenvalue weighted by atomic mass is 10.1.